The van der Waals surface area contributed by atoms with Crippen LogP contribution in [0.1, 0.15) is 59.8 Å². The minimum atomic E-state index is 0.818. The summed E-state index contributed by atoms with van der Waals surface area (Å²) >= 11 is 0. The molecule has 0 unspecified atom stereocenters. The fourth-order valence-electron chi connectivity index (χ4n) is 2.57. The van der Waals surface area contributed by atoms with E-state index in [1.807, 2.05) is 0 Å². The fourth-order valence-corrected chi connectivity index (χ4v) is 2.57. The number of rotatable bonds is 5. The summed E-state index contributed by atoms with van der Waals surface area (Å²) in [4.78, 5) is 0. The third-order valence-electron chi connectivity index (χ3n) is 3.87. The lowest BCUT2D eigenvalue weighted by Crippen LogP contribution is -2.35. The number of hydrogen-bond donors (Lipinski definition) is 1. The molecular weight excluding hydrogens is 182 g/mol. The first kappa shape index (κ1) is 13.0. The van der Waals surface area contributed by atoms with E-state index in [-0.39, 0.29) is 0 Å². The van der Waals surface area contributed by atoms with Gasteiger partial charge in [-0.05, 0) is 56.4 Å². The zero-order chi connectivity index (χ0) is 11.3. The van der Waals surface area contributed by atoms with Crippen molar-refractivity contribution >= 4 is 0 Å². The van der Waals surface area contributed by atoms with E-state index in [0.29, 0.717) is 0 Å². The summed E-state index contributed by atoms with van der Waals surface area (Å²) in [5.74, 6) is 2.72. The van der Waals surface area contributed by atoms with E-state index in [0.717, 1.165) is 23.8 Å². The van der Waals surface area contributed by atoms with Gasteiger partial charge in [0.15, 0.2) is 0 Å². The molecule has 0 aromatic carbocycles. The Morgan fingerprint density at radius 3 is 2.07 bits per heavy atom. The molecule has 0 atom stereocenters. The van der Waals surface area contributed by atoms with E-state index < -0.39 is 0 Å². The van der Waals surface area contributed by atoms with Crippen LogP contribution in [0.5, 0.6) is 0 Å². The molecule has 0 aliphatic heterocycles. The van der Waals surface area contributed by atoms with Crippen LogP contribution in [-0.4, -0.2) is 12.6 Å². The maximum Gasteiger partial charge on any atom is 0.00672 e. The molecule has 1 fully saturated rings. The summed E-state index contributed by atoms with van der Waals surface area (Å²) in [6.45, 7) is 10.6. The minimum Gasteiger partial charge on any atom is -0.314 e. The van der Waals surface area contributed by atoms with Gasteiger partial charge in [-0.25, -0.2) is 0 Å². The summed E-state index contributed by atoms with van der Waals surface area (Å²) in [6.07, 6.45) is 7.01. The van der Waals surface area contributed by atoms with Crippen molar-refractivity contribution in [1.29, 1.82) is 0 Å². The quantitative estimate of drug-likeness (QED) is 0.728. The van der Waals surface area contributed by atoms with E-state index in [1.54, 1.807) is 0 Å². The topological polar surface area (TPSA) is 12.0 Å². The van der Waals surface area contributed by atoms with Crippen molar-refractivity contribution in [2.75, 3.05) is 6.54 Å². The molecule has 90 valence electrons. The molecule has 0 bridgehead atoms. The van der Waals surface area contributed by atoms with Crippen molar-refractivity contribution in [3.63, 3.8) is 0 Å². The normalized spacial score (nSPS) is 27.6. The van der Waals surface area contributed by atoms with Crippen LogP contribution < -0.4 is 5.32 Å². The van der Waals surface area contributed by atoms with Gasteiger partial charge in [-0.1, -0.05) is 27.7 Å². The Balaban J connectivity index is 2.09. The molecule has 1 aliphatic carbocycles. The van der Waals surface area contributed by atoms with Crippen molar-refractivity contribution < 1.29 is 0 Å². The molecule has 0 aromatic heterocycles. The highest BCUT2D eigenvalue weighted by atomic mass is 14.9. The van der Waals surface area contributed by atoms with Crippen LogP contribution in [0.4, 0.5) is 0 Å². The predicted octanol–water partition coefficient (Wildman–Crippen LogP) is 3.84. The van der Waals surface area contributed by atoms with E-state index in [9.17, 15) is 0 Å². The molecular formula is C14H29N. The average Bonchev–Trinajstić information content (AvgIpc) is 2.18. The maximum atomic E-state index is 3.71. The van der Waals surface area contributed by atoms with Crippen LogP contribution in [0.15, 0.2) is 0 Å². The molecule has 0 aromatic rings. The highest BCUT2D eigenvalue weighted by Crippen LogP contribution is 2.29. The Morgan fingerprint density at radius 2 is 1.60 bits per heavy atom. The van der Waals surface area contributed by atoms with E-state index in [1.165, 1.54) is 38.6 Å². The lowest BCUT2D eigenvalue weighted by molar-refractivity contribution is 0.237. The molecule has 1 N–H and O–H groups in total. The van der Waals surface area contributed by atoms with Crippen LogP contribution in [0.2, 0.25) is 0 Å². The van der Waals surface area contributed by atoms with Gasteiger partial charge in [-0.2, -0.15) is 0 Å². The fraction of sp³-hybridized carbons (Fsp3) is 1.00. The summed E-state index contributed by atoms with van der Waals surface area (Å²) in [7, 11) is 0. The van der Waals surface area contributed by atoms with Crippen molar-refractivity contribution in [1.82, 2.24) is 5.32 Å². The van der Waals surface area contributed by atoms with Crippen LogP contribution >= 0.6 is 0 Å². The molecule has 15 heavy (non-hydrogen) atoms. The first-order valence-electron chi connectivity index (χ1n) is 6.83. The highest BCUT2D eigenvalue weighted by molar-refractivity contribution is 4.78. The Hall–Kier alpha value is -0.0400. The molecule has 0 radical (unpaired) electrons. The second-order valence-corrected chi connectivity index (χ2v) is 5.99. The minimum absolute atomic E-state index is 0.818. The summed E-state index contributed by atoms with van der Waals surface area (Å²) in [6, 6.07) is 0.818. The predicted molar refractivity (Wildman–Crippen MR) is 68.0 cm³/mol. The molecule has 1 rings (SSSR count). The summed E-state index contributed by atoms with van der Waals surface area (Å²) < 4.78 is 0. The van der Waals surface area contributed by atoms with Crippen molar-refractivity contribution in [2.45, 2.75) is 65.8 Å². The zero-order valence-corrected chi connectivity index (χ0v) is 11.1. The highest BCUT2D eigenvalue weighted by Gasteiger charge is 2.22. The van der Waals surface area contributed by atoms with Gasteiger partial charge in [0.05, 0.1) is 0 Å². The van der Waals surface area contributed by atoms with Gasteiger partial charge < -0.3 is 5.32 Å². The second kappa shape index (κ2) is 6.52. The molecule has 1 saturated carbocycles. The lowest BCUT2D eigenvalue weighted by Gasteiger charge is -2.31. The first-order chi connectivity index (χ1) is 7.09. The average molecular weight is 211 g/mol. The van der Waals surface area contributed by atoms with Gasteiger partial charge in [-0.15, -0.1) is 0 Å². The van der Waals surface area contributed by atoms with Crippen molar-refractivity contribution in [2.24, 2.45) is 17.8 Å². The Morgan fingerprint density at radius 1 is 1.00 bits per heavy atom. The SMILES string of the molecule is CC(C)CCNC1CCC(C(C)C)CC1. The maximum absolute atomic E-state index is 3.71. The van der Waals surface area contributed by atoms with Crippen molar-refractivity contribution in [3.8, 4) is 0 Å². The standard InChI is InChI=1S/C14H29N/c1-11(2)9-10-15-14-7-5-13(6-8-14)12(3)4/h11-15H,5-10H2,1-4H3. The third-order valence-corrected chi connectivity index (χ3v) is 3.87. The smallest absolute Gasteiger partial charge is 0.00672 e. The molecule has 1 aliphatic rings. The number of nitrogens with one attached hydrogen (secondary N) is 1. The summed E-state index contributed by atoms with van der Waals surface area (Å²) in [5.41, 5.74) is 0. The van der Waals surface area contributed by atoms with E-state index in [2.05, 4.69) is 33.0 Å². The Bertz CT molecular complexity index is 152. The molecule has 1 heteroatoms. The van der Waals surface area contributed by atoms with Gasteiger partial charge in [0, 0.05) is 6.04 Å². The van der Waals surface area contributed by atoms with E-state index >= 15 is 0 Å². The molecule has 1 nitrogen and oxygen atoms in total. The van der Waals surface area contributed by atoms with Gasteiger partial charge in [0.1, 0.15) is 0 Å². The Labute approximate surface area is 96.0 Å². The monoisotopic (exact) mass is 211 g/mol. The Kier molecular flexibility index (Phi) is 5.66. The molecule has 0 amide bonds. The van der Waals surface area contributed by atoms with Crippen LogP contribution in [0.3, 0.4) is 0 Å². The van der Waals surface area contributed by atoms with Gasteiger partial charge >= 0.3 is 0 Å². The largest absolute Gasteiger partial charge is 0.314 e. The second-order valence-electron chi connectivity index (χ2n) is 5.99. The van der Waals surface area contributed by atoms with Crippen LogP contribution in [0, 0.1) is 17.8 Å². The van der Waals surface area contributed by atoms with Crippen LogP contribution in [0.25, 0.3) is 0 Å². The van der Waals surface area contributed by atoms with Crippen molar-refractivity contribution in [3.05, 3.63) is 0 Å². The van der Waals surface area contributed by atoms with Crippen LogP contribution in [-0.2, 0) is 0 Å². The zero-order valence-electron chi connectivity index (χ0n) is 11.1. The molecule has 0 saturated heterocycles. The van der Waals surface area contributed by atoms with Gasteiger partial charge in [0.25, 0.3) is 0 Å². The lowest BCUT2D eigenvalue weighted by atomic mass is 9.80. The van der Waals surface area contributed by atoms with E-state index in [4.69, 9.17) is 0 Å². The van der Waals surface area contributed by atoms with Gasteiger partial charge in [0.2, 0.25) is 0 Å². The first-order valence-corrected chi connectivity index (χ1v) is 6.83. The third kappa shape index (κ3) is 5.01. The molecule has 0 heterocycles. The number of hydrogen-bond acceptors (Lipinski definition) is 1. The van der Waals surface area contributed by atoms with Gasteiger partial charge in [-0.3, -0.25) is 0 Å². The molecule has 0 spiro atoms. The summed E-state index contributed by atoms with van der Waals surface area (Å²) in [5, 5.41) is 3.71.